The molecule has 1 nitrogen and oxygen atoms in total. The second kappa shape index (κ2) is 4.20. The molecule has 0 heterocycles. The minimum atomic E-state index is -0.288. The molecular formula is C10H16O. The lowest BCUT2D eigenvalue weighted by atomic mass is 9.88. The molecule has 1 atom stereocenters. The van der Waals surface area contributed by atoms with Crippen molar-refractivity contribution >= 4 is 0 Å². The molecule has 0 aliphatic carbocycles. The first kappa shape index (κ1) is 10.3. The quantitative estimate of drug-likeness (QED) is 0.600. The minimum Gasteiger partial charge on any atom is -0.393 e. The van der Waals surface area contributed by atoms with E-state index in [2.05, 4.69) is 18.4 Å². The summed E-state index contributed by atoms with van der Waals surface area (Å²) in [6, 6.07) is 0. The van der Waals surface area contributed by atoms with Crippen LogP contribution in [0.3, 0.4) is 0 Å². The Hall–Kier alpha value is -0.740. The van der Waals surface area contributed by atoms with Crippen LogP contribution in [0.25, 0.3) is 0 Å². The van der Waals surface area contributed by atoms with Gasteiger partial charge in [-0.1, -0.05) is 18.4 Å². The molecule has 11 heavy (non-hydrogen) atoms. The van der Waals surface area contributed by atoms with Gasteiger partial charge < -0.3 is 5.11 Å². The zero-order valence-corrected chi connectivity index (χ0v) is 7.52. The second-order valence-electron chi connectivity index (χ2n) is 3.41. The molecule has 1 heteroatoms. The Balaban J connectivity index is 4.10. The van der Waals surface area contributed by atoms with Crippen LogP contribution in [0, 0.1) is 17.3 Å². The molecule has 0 saturated heterocycles. The molecule has 0 bridgehead atoms. The van der Waals surface area contributed by atoms with Crippen molar-refractivity contribution in [2.24, 2.45) is 5.41 Å². The van der Waals surface area contributed by atoms with Crippen LogP contribution in [0.2, 0.25) is 0 Å². The Bertz CT molecular complexity index is 179. The van der Waals surface area contributed by atoms with Crippen LogP contribution in [0.1, 0.15) is 27.2 Å². The van der Waals surface area contributed by atoms with Gasteiger partial charge in [0.1, 0.15) is 0 Å². The maximum absolute atomic E-state index is 9.09. The zero-order valence-electron chi connectivity index (χ0n) is 7.52. The highest BCUT2D eigenvalue weighted by Crippen LogP contribution is 2.20. The molecule has 0 amide bonds. The van der Waals surface area contributed by atoms with Gasteiger partial charge in [0.15, 0.2) is 0 Å². The van der Waals surface area contributed by atoms with E-state index in [1.54, 1.807) is 13.0 Å². The van der Waals surface area contributed by atoms with Crippen molar-refractivity contribution < 1.29 is 5.11 Å². The monoisotopic (exact) mass is 152 g/mol. The van der Waals surface area contributed by atoms with Gasteiger partial charge in [-0.3, -0.25) is 0 Å². The Kier molecular flexibility index (Phi) is 3.92. The number of aliphatic hydroxyl groups excluding tert-OH is 1. The molecule has 0 saturated carbocycles. The molecule has 0 aromatic heterocycles. The lowest BCUT2D eigenvalue weighted by molar-refractivity contribution is 0.151. The summed E-state index contributed by atoms with van der Waals surface area (Å²) in [5, 5.41) is 9.09. The van der Waals surface area contributed by atoms with Crippen LogP contribution in [0.5, 0.6) is 0 Å². The number of rotatable bonds is 2. The average molecular weight is 152 g/mol. The average Bonchev–Trinajstić information content (AvgIpc) is 1.81. The van der Waals surface area contributed by atoms with E-state index in [1.165, 1.54) is 0 Å². The van der Waals surface area contributed by atoms with E-state index in [1.807, 2.05) is 13.8 Å². The Labute approximate surface area is 69.1 Å². The highest BCUT2D eigenvalue weighted by Gasteiger charge is 2.16. The lowest BCUT2D eigenvalue weighted by Crippen LogP contribution is -2.16. The van der Waals surface area contributed by atoms with Crippen molar-refractivity contribution in [1.82, 2.24) is 0 Å². The SMILES string of the molecule is C=CC#CC(C)(C)CC(C)O. The Morgan fingerprint density at radius 3 is 2.55 bits per heavy atom. The lowest BCUT2D eigenvalue weighted by Gasteiger charge is -2.18. The molecule has 0 rings (SSSR count). The van der Waals surface area contributed by atoms with E-state index in [0.29, 0.717) is 6.42 Å². The van der Waals surface area contributed by atoms with Gasteiger partial charge in [0, 0.05) is 5.41 Å². The summed E-state index contributed by atoms with van der Waals surface area (Å²) in [7, 11) is 0. The van der Waals surface area contributed by atoms with Gasteiger partial charge in [-0.25, -0.2) is 0 Å². The van der Waals surface area contributed by atoms with Crippen molar-refractivity contribution in [2.75, 3.05) is 0 Å². The van der Waals surface area contributed by atoms with Gasteiger partial charge >= 0.3 is 0 Å². The third kappa shape index (κ3) is 5.69. The van der Waals surface area contributed by atoms with Crippen LogP contribution in [0.4, 0.5) is 0 Å². The van der Waals surface area contributed by atoms with Gasteiger partial charge in [0.2, 0.25) is 0 Å². The number of hydrogen-bond donors (Lipinski definition) is 1. The first-order valence-corrected chi connectivity index (χ1v) is 3.79. The van der Waals surface area contributed by atoms with Crippen LogP contribution in [-0.4, -0.2) is 11.2 Å². The molecule has 1 unspecified atom stereocenters. The maximum Gasteiger partial charge on any atom is 0.0526 e. The topological polar surface area (TPSA) is 20.2 Å². The molecule has 0 aromatic rings. The first-order chi connectivity index (χ1) is 4.98. The number of allylic oxidation sites excluding steroid dienone is 1. The van der Waals surface area contributed by atoms with E-state index >= 15 is 0 Å². The van der Waals surface area contributed by atoms with Gasteiger partial charge in [-0.05, 0) is 33.3 Å². The maximum atomic E-state index is 9.09. The fraction of sp³-hybridized carbons (Fsp3) is 0.600. The third-order valence-electron chi connectivity index (χ3n) is 1.32. The predicted octanol–water partition coefficient (Wildman–Crippen LogP) is 1.97. The molecule has 1 N–H and O–H groups in total. The summed E-state index contributed by atoms with van der Waals surface area (Å²) in [5.41, 5.74) is -0.109. The van der Waals surface area contributed by atoms with Crippen molar-refractivity contribution in [3.8, 4) is 11.8 Å². The van der Waals surface area contributed by atoms with Gasteiger partial charge in [-0.2, -0.15) is 0 Å². The van der Waals surface area contributed by atoms with E-state index in [4.69, 9.17) is 5.11 Å². The van der Waals surface area contributed by atoms with E-state index in [-0.39, 0.29) is 11.5 Å². The van der Waals surface area contributed by atoms with Gasteiger partial charge in [0.25, 0.3) is 0 Å². The van der Waals surface area contributed by atoms with E-state index < -0.39 is 0 Å². The fourth-order valence-corrected chi connectivity index (χ4v) is 1.04. The largest absolute Gasteiger partial charge is 0.393 e. The van der Waals surface area contributed by atoms with Crippen molar-refractivity contribution in [1.29, 1.82) is 0 Å². The van der Waals surface area contributed by atoms with Crippen LogP contribution in [0.15, 0.2) is 12.7 Å². The predicted molar refractivity (Wildman–Crippen MR) is 48.1 cm³/mol. The molecule has 62 valence electrons. The van der Waals surface area contributed by atoms with E-state index in [0.717, 1.165) is 0 Å². The number of aliphatic hydroxyl groups is 1. The smallest absolute Gasteiger partial charge is 0.0526 e. The molecule has 0 aromatic carbocycles. The number of hydrogen-bond acceptors (Lipinski definition) is 1. The summed E-state index contributed by atoms with van der Waals surface area (Å²) in [6.07, 6.45) is 1.99. The second-order valence-corrected chi connectivity index (χ2v) is 3.41. The molecular weight excluding hydrogens is 136 g/mol. The molecule has 0 spiro atoms. The van der Waals surface area contributed by atoms with Crippen molar-refractivity contribution in [2.45, 2.75) is 33.3 Å². The molecule has 0 radical (unpaired) electrons. The van der Waals surface area contributed by atoms with Crippen molar-refractivity contribution in [3.63, 3.8) is 0 Å². The van der Waals surface area contributed by atoms with Crippen LogP contribution >= 0.6 is 0 Å². The Morgan fingerprint density at radius 2 is 2.18 bits per heavy atom. The normalized spacial score (nSPS) is 13.1. The van der Waals surface area contributed by atoms with Crippen LogP contribution < -0.4 is 0 Å². The summed E-state index contributed by atoms with van der Waals surface area (Å²) >= 11 is 0. The molecule has 0 fully saturated rings. The Morgan fingerprint density at radius 1 is 1.64 bits per heavy atom. The van der Waals surface area contributed by atoms with Crippen LogP contribution in [-0.2, 0) is 0 Å². The highest BCUT2D eigenvalue weighted by atomic mass is 16.3. The van der Waals surface area contributed by atoms with Gasteiger partial charge in [-0.15, -0.1) is 0 Å². The zero-order chi connectivity index (χ0) is 8.91. The van der Waals surface area contributed by atoms with E-state index in [9.17, 15) is 0 Å². The summed E-state index contributed by atoms with van der Waals surface area (Å²) in [5.74, 6) is 5.81. The molecule has 0 aliphatic rings. The standard InChI is InChI=1S/C10H16O/c1-5-6-7-10(3,4)8-9(2)11/h5,9,11H,1,8H2,2-4H3. The molecule has 0 aliphatic heterocycles. The minimum absolute atomic E-state index is 0.109. The van der Waals surface area contributed by atoms with Crippen molar-refractivity contribution in [3.05, 3.63) is 12.7 Å². The summed E-state index contributed by atoms with van der Waals surface area (Å²) < 4.78 is 0. The highest BCUT2D eigenvalue weighted by molar-refractivity contribution is 5.17. The first-order valence-electron chi connectivity index (χ1n) is 3.79. The summed E-state index contributed by atoms with van der Waals surface area (Å²) in [6.45, 7) is 9.30. The third-order valence-corrected chi connectivity index (χ3v) is 1.32. The fourth-order valence-electron chi connectivity index (χ4n) is 1.04. The van der Waals surface area contributed by atoms with Gasteiger partial charge in [0.05, 0.1) is 6.10 Å². The summed E-state index contributed by atoms with van der Waals surface area (Å²) in [4.78, 5) is 0.